The fourth-order valence-corrected chi connectivity index (χ4v) is 2.83. The Labute approximate surface area is 130 Å². The van der Waals surface area contributed by atoms with E-state index in [0.717, 1.165) is 0 Å². The second kappa shape index (κ2) is 6.43. The molecular formula is C18H18N2O2. The molecule has 0 unspecified atom stereocenters. The SMILES string of the molecule is CCO/C(=N\C=O)N1Cc2ccccc2-c2ccccc2C1. The Bertz CT molecular complexity index is 662. The summed E-state index contributed by atoms with van der Waals surface area (Å²) in [6.07, 6.45) is 0.535. The van der Waals surface area contributed by atoms with Crippen molar-refractivity contribution in [2.24, 2.45) is 4.99 Å². The molecule has 3 rings (SSSR count). The highest BCUT2D eigenvalue weighted by Gasteiger charge is 2.22. The van der Waals surface area contributed by atoms with Crippen molar-refractivity contribution in [1.82, 2.24) is 4.90 Å². The van der Waals surface area contributed by atoms with Crippen LogP contribution >= 0.6 is 0 Å². The average Bonchev–Trinajstić information content (AvgIpc) is 2.71. The number of benzene rings is 2. The molecule has 0 bridgehead atoms. The van der Waals surface area contributed by atoms with Gasteiger partial charge in [-0.2, -0.15) is 4.99 Å². The fourth-order valence-electron chi connectivity index (χ4n) is 2.83. The van der Waals surface area contributed by atoms with E-state index in [9.17, 15) is 4.79 Å². The molecular weight excluding hydrogens is 276 g/mol. The molecule has 0 fully saturated rings. The minimum atomic E-state index is 0.379. The highest BCUT2D eigenvalue weighted by Crippen LogP contribution is 2.32. The molecule has 0 aromatic heterocycles. The van der Waals surface area contributed by atoms with E-state index < -0.39 is 0 Å². The molecule has 0 aliphatic carbocycles. The van der Waals surface area contributed by atoms with Crippen LogP contribution in [0.5, 0.6) is 0 Å². The number of amidine groups is 1. The summed E-state index contributed by atoms with van der Waals surface area (Å²) >= 11 is 0. The lowest BCUT2D eigenvalue weighted by atomic mass is 9.97. The third-order valence-corrected chi connectivity index (χ3v) is 3.75. The summed E-state index contributed by atoms with van der Waals surface area (Å²) < 4.78 is 5.55. The van der Waals surface area contributed by atoms with Crippen LogP contribution in [0.2, 0.25) is 0 Å². The third kappa shape index (κ3) is 2.72. The maximum absolute atomic E-state index is 10.8. The number of nitrogens with zero attached hydrogens (tertiary/aromatic N) is 2. The quantitative estimate of drug-likeness (QED) is 0.485. The lowest BCUT2D eigenvalue weighted by molar-refractivity contribution is -0.106. The first kappa shape index (κ1) is 14.3. The summed E-state index contributed by atoms with van der Waals surface area (Å²) in [4.78, 5) is 16.7. The minimum absolute atomic E-state index is 0.379. The molecule has 0 atom stereocenters. The maximum Gasteiger partial charge on any atom is 0.295 e. The predicted octanol–water partition coefficient (Wildman–Crippen LogP) is 3.22. The first-order chi connectivity index (χ1) is 10.8. The molecule has 0 N–H and O–H groups in total. The van der Waals surface area contributed by atoms with Crippen LogP contribution in [0.3, 0.4) is 0 Å². The van der Waals surface area contributed by atoms with Gasteiger partial charge in [-0.15, -0.1) is 0 Å². The zero-order valence-corrected chi connectivity index (χ0v) is 12.5. The maximum atomic E-state index is 10.8. The van der Waals surface area contributed by atoms with E-state index in [-0.39, 0.29) is 0 Å². The molecule has 1 aliphatic heterocycles. The number of aliphatic imine (C=N–C) groups is 1. The average molecular weight is 294 g/mol. The standard InChI is InChI=1S/C18H18N2O2/c1-2-22-18(19-13-21)20-11-14-7-3-5-9-16(14)17-10-6-4-8-15(17)12-20/h3-10,13H,2,11-12H2,1H3/b19-18-. The van der Waals surface area contributed by atoms with Crippen molar-refractivity contribution < 1.29 is 9.53 Å². The number of amides is 1. The smallest absolute Gasteiger partial charge is 0.295 e. The molecule has 1 aliphatic rings. The topological polar surface area (TPSA) is 41.9 Å². The summed E-state index contributed by atoms with van der Waals surface area (Å²) in [5.41, 5.74) is 4.85. The molecule has 4 heteroatoms. The van der Waals surface area contributed by atoms with Crippen LogP contribution in [0, 0.1) is 0 Å². The van der Waals surface area contributed by atoms with Crippen molar-refractivity contribution in [3.05, 3.63) is 59.7 Å². The van der Waals surface area contributed by atoms with E-state index in [1.807, 2.05) is 36.1 Å². The number of carbonyl (C=O) groups is 1. The van der Waals surface area contributed by atoms with Gasteiger partial charge >= 0.3 is 0 Å². The number of hydrogen-bond acceptors (Lipinski definition) is 2. The van der Waals surface area contributed by atoms with Crippen LogP contribution in [0.25, 0.3) is 11.1 Å². The molecule has 2 aromatic rings. The largest absolute Gasteiger partial charge is 0.465 e. The van der Waals surface area contributed by atoms with Crippen LogP contribution < -0.4 is 0 Å². The van der Waals surface area contributed by atoms with Crippen molar-refractivity contribution in [3.8, 4) is 11.1 Å². The highest BCUT2D eigenvalue weighted by molar-refractivity contribution is 5.82. The first-order valence-corrected chi connectivity index (χ1v) is 7.39. The number of fused-ring (bicyclic) bond motifs is 3. The third-order valence-electron chi connectivity index (χ3n) is 3.75. The van der Waals surface area contributed by atoms with Crippen molar-refractivity contribution in [2.75, 3.05) is 6.61 Å². The van der Waals surface area contributed by atoms with Gasteiger partial charge in [0.25, 0.3) is 6.02 Å². The lowest BCUT2D eigenvalue weighted by Crippen LogP contribution is -2.31. The number of carbonyl (C=O) groups excluding carboxylic acids is 1. The predicted molar refractivity (Wildman–Crippen MR) is 86.3 cm³/mol. The fraction of sp³-hybridized carbons (Fsp3) is 0.222. The summed E-state index contributed by atoms with van der Waals surface area (Å²) in [5, 5.41) is 0. The zero-order chi connectivity index (χ0) is 15.4. The molecule has 2 aromatic carbocycles. The van der Waals surface area contributed by atoms with E-state index in [1.165, 1.54) is 22.3 Å². The molecule has 1 heterocycles. The minimum Gasteiger partial charge on any atom is -0.465 e. The van der Waals surface area contributed by atoms with E-state index >= 15 is 0 Å². The summed E-state index contributed by atoms with van der Waals surface area (Å²) in [7, 11) is 0. The van der Waals surface area contributed by atoms with Gasteiger partial charge in [-0.05, 0) is 29.2 Å². The van der Waals surface area contributed by atoms with Crippen molar-refractivity contribution >= 4 is 12.4 Å². The summed E-state index contributed by atoms with van der Waals surface area (Å²) in [6.45, 7) is 3.70. The Morgan fingerprint density at radius 1 is 1.09 bits per heavy atom. The number of ether oxygens (including phenoxy) is 1. The van der Waals surface area contributed by atoms with Gasteiger partial charge in [-0.25, -0.2) is 0 Å². The van der Waals surface area contributed by atoms with Gasteiger partial charge in [-0.1, -0.05) is 48.5 Å². The van der Waals surface area contributed by atoms with Crippen LogP contribution in [0.15, 0.2) is 53.5 Å². The Morgan fingerprint density at radius 2 is 1.64 bits per heavy atom. The zero-order valence-electron chi connectivity index (χ0n) is 12.5. The Balaban J connectivity index is 2.09. The van der Waals surface area contributed by atoms with Crippen LogP contribution in [0.1, 0.15) is 18.1 Å². The van der Waals surface area contributed by atoms with Crippen LogP contribution in [0.4, 0.5) is 0 Å². The molecule has 0 saturated heterocycles. The highest BCUT2D eigenvalue weighted by atomic mass is 16.5. The van der Waals surface area contributed by atoms with Gasteiger partial charge in [0.1, 0.15) is 0 Å². The van der Waals surface area contributed by atoms with E-state index in [2.05, 4.69) is 29.3 Å². The molecule has 0 saturated carbocycles. The summed E-state index contributed by atoms with van der Waals surface area (Å²) in [6, 6.07) is 17.0. The van der Waals surface area contributed by atoms with Crippen molar-refractivity contribution in [3.63, 3.8) is 0 Å². The van der Waals surface area contributed by atoms with Gasteiger partial charge in [0.2, 0.25) is 6.41 Å². The van der Waals surface area contributed by atoms with Gasteiger partial charge in [-0.3, -0.25) is 4.79 Å². The van der Waals surface area contributed by atoms with E-state index in [0.29, 0.717) is 32.1 Å². The second-order valence-electron chi connectivity index (χ2n) is 5.12. The monoisotopic (exact) mass is 294 g/mol. The normalized spacial score (nSPS) is 13.9. The Kier molecular flexibility index (Phi) is 4.19. The first-order valence-electron chi connectivity index (χ1n) is 7.39. The molecule has 1 amide bonds. The van der Waals surface area contributed by atoms with Gasteiger partial charge in [0.15, 0.2) is 0 Å². The van der Waals surface area contributed by atoms with Crippen LogP contribution in [-0.4, -0.2) is 23.9 Å². The molecule has 4 nitrogen and oxygen atoms in total. The van der Waals surface area contributed by atoms with Crippen molar-refractivity contribution in [1.29, 1.82) is 0 Å². The van der Waals surface area contributed by atoms with Gasteiger partial charge < -0.3 is 9.64 Å². The Hall–Kier alpha value is -2.62. The van der Waals surface area contributed by atoms with Gasteiger partial charge in [0.05, 0.1) is 6.61 Å². The van der Waals surface area contributed by atoms with Gasteiger partial charge in [0, 0.05) is 13.1 Å². The lowest BCUT2D eigenvalue weighted by Gasteiger charge is -2.23. The van der Waals surface area contributed by atoms with E-state index in [1.54, 1.807) is 0 Å². The molecule has 22 heavy (non-hydrogen) atoms. The van der Waals surface area contributed by atoms with Crippen LogP contribution in [-0.2, 0) is 22.6 Å². The molecule has 112 valence electrons. The van der Waals surface area contributed by atoms with Crippen molar-refractivity contribution in [2.45, 2.75) is 20.0 Å². The number of hydrogen-bond donors (Lipinski definition) is 0. The summed E-state index contributed by atoms with van der Waals surface area (Å²) in [5.74, 6) is 0. The second-order valence-corrected chi connectivity index (χ2v) is 5.12. The molecule has 0 spiro atoms. The molecule has 0 radical (unpaired) electrons. The van der Waals surface area contributed by atoms with E-state index in [4.69, 9.17) is 4.74 Å². The Morgan fingerprint density at radius 3 is 2.14 bits per heavy atom. The number of rotatable bonds is 2.